The number of rotatable bonds is 4. The molecule has 0 aromatic carbocycles. The Labute approximate surface area is 98.2 Å². The summed E-state index contributed by atoms with van der Waals surface area (Å²) < 4.78 is 0. The van der Waals surface area contributed by atoms with Crippen LogP contribution >= 0.6 is 0 Å². The van der Waals surface area contributed by atoms with E-state index in [0.717, 1.165) is 12.8 Å². The molecule has 2 aliphatic rings. The van der Waals surface area contributed by atoms with Crippen LogP contribution in [-0.2, 0) is 4.79 Å². The van der Waals surface area contributed by atoms with Crippen LogP contribution in [0.3, 0.4) is 0 Å². The van der Waals surface area contributed by atoms with Crippen molar-refractivity contribution >= 4 is 5.91 Å². The fraction of sp³-hybridized carbons (Fsp3) is 0.923. The van der Waals surface area contributed by atoms with E-state index in [-0.39, 0.29) is 17.9 Å². The first-order valence-corrected chi connectivity index (χ1v) is 6.81. The molecular weight excluding hydrogens is 200 g/mol. The molecule has 0 aliphatic heterocycles. The molecule has 0 radical (unpaired) electrons. The minimum absolute atomic E-state index is 0.230. The Morgan fingerprint density at radius 2 is 1.81 bits per heavy atom. The lowest BCUT2D eigenvalue weighted by molar-refractivity contribution is -0.128. The topological polar surface area (TPSA) is 55.1 Å². The van der Waals surface area contributed by atoms with Gasteiger partial charge in [-0.25, -0.2) is 0 Å². The van der Waals surface area contributed by atoms with Gasteiger partial charge in [-0.15, -0.1) is 0 Å². The van der Waals surface area contributed by atoms with Gasteiger partial charge in [0.05, 0.1) is 0 Å². The summed E-state index contributed by atoms with van der Waals surface area (Å²) >= 11 is 0. The van der Waals surface area contributed by atoms with Crippen LogP contribution < -0.4 is 11.1 Å². The van der Waals surface area contributed by atoms with Gasteiger partial charge >= 0.3 is 0 Å². The molecule has 92 valence electrons. The van der Waals surface area contributed by atoms with Crippen molar-refractivity contribution < 1.29 is 4.79 Å². The van der Waals surface area contributed by atoms with Crippen LogP contribution in [0.4, 0.5) is 0 Å². The molecule has 2 fully saturated rings. The Bertz CT molecular complexity index is 232. The normalized spacial score (nSPS) is 24.8. The van der Waals surface area contributed by atoms with Crippen molar-refractivity contribution in [1.82, 2.24) is 5.32 Å². The number of nitrogens with two attached hydrogens (primary N) is 1. The van der Waals surface area contributed by atoms with Gasteiger partial charge in [0.25, 0.3) is 0 Å². The van der Waals surface area contributed by atoms with Crippen molar-refractivity contribution in [3.63, 3.8) is 0 Å². The van der Waals surface area contributed by atoms with Gasteiger partial charge in [-0.3, -0.25) is 4.79 Å². The molecule has 1 atom stereocenters. The predicted molar refractivity (Wildman–Crippen MR) is 64.9 cm³/mol. The van der Waals surface area contributed by atoms with Gasteiger partial charge in [0.15, 0.2) is 0 Å². The van der Waals surface area contributed by atoms with E-state index in [1.807, 2.05) is 0 Å². The second kappa shape index (κ2) is 5.67. The minimum Gasteiger partial charge on any atom is -0.352 e. The smallest absolute Gasteiger partial charge is 0.223 e. The Kier molecular flexibility index (Phi) is 4.22. The van der Waals surface area contributed by atoms with E-state index in [4.69, 9.17) is 5.73 Å². The van der Waals surface area contributed by atoms with Crippen LogP contribution in [0.25, 0.3) is 0 Å². The van der Waals surface area contributed by atoms with Gasteiger partial charge in [0.1, 0.15) is 0 Å². The molecule has 1 unspecified atom stereocenters. The summed E-state index contributed by atoms with van der Waals surface area (Å²) in [5.41, 5.74) is 5.80. The molecule has 3 nitrogen and oxygen atoms in total. The second-order valence-electron chi connectivity index (χ2n) is 5.38. The van der Waals surface area contributed by atoms with Gasteiger partial charge in [-0.2, -0.15) is 0 Å². The highest BCUT2D eigenvalue weighted by atomic mass is 16.2. The summed E-state index contributed by atoms with van der Waals surface area (Å²) in [5.74, 6) is 1.17. The molecule has 0 aromatic rings. The molecule has 2 aliphatic carbocycles. The lowest BCUT2D eigenvalue weighted by Crippen LogP contribution is -2.48. The molecule has 0 spiro atoms. The zero-order valence-corrected chi connectivity index (χ0v) is 10.1. The molecule has 0 aromatic heterocycles. The fourth-order valence-electron chi connectivity index (χ4n) is 2.88. The van der Waals surface area contributed by atoms with Crippen LogP contribution in [-0.4, -0.2) is 18.5 Å². The van der Waals surface area contributed by atoms with Crippen molar-refractivity contribution in [3.05, 3.63) is 0 Å². The third kappa shape index (κ3) is 2.76. The van der Waals surface area contributed by atoms with E-state index in [1.165, 1.54) is 38.5 Å². The molecule has 0 bridgehead atoms. The molecule has 2 rings (SSSR count). The SMILES string of the molecule is NCC(NC(=O)C1CCC1)C1CCCCC1. The first kappa shape index (κ1) is 11.9. The number of carbonyl (C=O) groups is 1. The third-order valence-corrected chi connectivity index (χ3v) is 4.28. The zero-order chi connectivity index (χ0) is 11.4. The lowest BCUT2D eigenvalue weighted by Gasteiger charge is -2.33. The Balaban J connectivity index is 1.81. The van der Waals surface area contributed by atoms with Gasteiger partial charge < -0.3 is 11.1 Å². The Morgan fingerprint density at radius 1 is 1.12 bits per heavy atom. The van der Waals surface area contributed by atoms with Gasteiger partial charge in [0.2, 0.25) is 5.91 Å². The van der Waals surface area contributed by atoms with E-state index in [0.29, 0.717) is 12.5 Å². The van der Waals surface area contributed by atoms with Gasteiger partial charge in [-0.1, -0.05) is 25.7 Å². The van der Waals surface area contributed by atoms with Crippen LogP contribution in [0.1, 0.15) is 51.4 Å². The fourth-order valence-corrected chi connectivity index (χ4v) is 2.88. The zero-order valence-electron chi connectivity index (χ0n) is 10.1. The van der Waals surface area contributed by atoms with Crippen molar-refractivity contribution in [2.75, 3.05) is 6.54 Å². The van der Waals surface area contributed by atoms with E-state index < -0.39 is 0 Å². The Hall–Kier alpha value is -0.570. The highest BCUT2D eigenvalue weighted by Crippen LogP contribution is 2.29. The highest BCUT2D eigenvalue weighted by Gasteiger charge is 2.29. The summed E-state index contributed by atoms with van der Waals surface area (Å²) in [7, 11) is 0. The van der Waals surface area contributed by atoms with Crippen molar-refractivity contribution in [3.8, 4) is 0 Å². The summed E-state index contributed by atoms with van der Waals surface area (Å²) in [6, 6.07) is 0.230. The maximum atomic E-state index is 11.9. The number of carbonyl (C=O) groups excluding carboxylic acids is 1. The van der Waals surface area contributed by atoms with Crippen LogP contribution in [0.2, 0.25) is 0 Å². The van der Waals surface area contributed by atoms with Crippen LogP contribution in [0, 0.1) is 11.8 Å². The quantitative estimate of drug-likeness (QED) is 0.765. The van der Waals surface area contributed by atoms with Gasteiger partial charge in [0, 0.05) is 18.5 Å². The number of nitrogens with one attached hydrogen (secondary N) is 1. The molecule has 3 heteroatoms. The molecule has 0 heterocycles. The average Bonchev–Trinajstić information content (AvgIpc) is 2.24. The van der Waals surface area contributed by atoms with Gasteiger partial charge in [-0.05, 0) is 31.6 Å². The molecule has 3 N–H and O–H groups in total. The first-order chi connectivity index (χ1) is 7.81. The number of amides is 1. The van der Waals surface area contributed by atoms with E-state index in [1.54, 1.807) is 0 Å². The maximum Gasteiger partial charge on any atom is 0.223 e. The van der Waals surface area contributed by atoms with Crippen LogP contribution in [0.15, 0.2) is 0 Å². The number of hydrogen-bond donors (Lipinski definition) is 2. The summed E-state index contributed by atoms with van der Waals surface area (Å²) in [5, 5.41) is 3.17. The highest BCUT2D eigenvalue weighted by molar-refractivity contribution is 5.79. The van der Waals surface area contributed by atoms with E-state index in [2.05, 4.69) is 5.32 Å². The monoisotopic (exact) mass is 224 g/mol. The molecular formula is C13H24N2O. The van der Waals surface area contributed by atoms with Crippen molar-refractivity contribution in [2.24, 2.45) is 17.6 Å². The minimum atomic E-state index is 0.230. The number of hydrogen-bond acceptors (Lipinski definition) is 2. The summed E-state index contributed by atoms with van der Waals surface area (Å²) in [6.45, 7) is 0.600. The summed E-state index contributed by atoms with van der Waals surface area (Å²) in [6.07, 6.45) is 9.82. The largest absolute Gasteiger partial charge is 0.352 e. The second-order valence-corrected chi connectivity index (χ2v) is 5.38. The average molecular weight is 224 g/mol. The first-order valence-electron chi connectivity index (χ1n) is 6.81. The third-order valence-electron chi connectivity index (χ3n) is 4.28. The van der Waals surface area contributed by atoms with E-state index in [9.17, 15) is 4.79 Å². The lowest BCUT2D eigenvalue weighted by atomic mass is 9.82. The molecule has 1 amide bonds. The standard InChI is InChI=1S/C13H24N2O/c14-9-12(10-5-2-1-3-6-10)15-13(16)11-7-4-8-11/h10-12H,1-9,14H2,(H,15,16). The summed E-state index contributed by atoms with van der Waals surface area (Å²) in [4.78, 5) is 11.9. The molecule has 16 heavy (non-hydrogen) atoms. The van der Waals surface area contributed by atoms with E-state index >= 15 is 0 Å². The molecule has 0 saturated heterocycles. The molecule has 2 saturated carbocycles. The van der Waals surface area contributed by atoms with Crippen molar-refractivity contribution in [1.29, 1.82) is 0 Å². The van der Waals surface area contributed by atoms with Crippen molar-refractivity contribution in [2.45, 2.75) is 57.4 Å². The van der Waals surface area contributed by atoms with Crippen LogP contribution in [0.5, 0.6) is 0 Å². The maximum absolute atomic E-state index is 11.9. The predicted octanol–water partition coefficient (Wildman–Crippen LogP) is 1.81. The Morgan fingerprint density at radius 3 is 2.31 bits per heavy atom.